The molecule has 0 spiro atoms. The monoisotopic (exact) mass is 173 g/mol. The largest absolute Gasteiger partial charge is 0.327 e. The topological polar surface area (TPSA) is 26.0 Å². The molecular weight excluding hydrogens is 158 g/mol. The van der Waals surface area contributed by atoms with E-state index in [1.54, 1.807) is 0 Å². The summed E-state index contributed by atoms with van der Waals surface area (Å²) in [6.45, 7) is 0. The molecule has 0 saturated heterocycles. The summed E-state index contributed by atoms with van der Waals surface area (Å²) in [6.07, 6.45) is 2.65. The fraction of sp³-hybridized carbons (Fsp3) is 0.500. The van der Waals surface area contributed by atoms with E-state index in [1.807, 2.05) is 0 Å². The molecule has 2 saturated carbocycles. The maximum Gasteiger partial charge on any atom is 0.00739 e. The molecule has 3 rings (SSSR count). The van der Waals surface area contributed by atoms with Gasteiger partial charge in [-0.2, -0.15) is 0 Å². The summed E-state index contributed by atoms with van der Waals surface area (Å²) in [4.78, 5) is 0. The average molecular weight is 173 g/mol. The molecule has 2 aliphatic carbocycles. The van der Waals surface area contributed by atoms with Crippen LogP contribution in [-0.4, -0.2) is 6.04 Å². The van der Waals surface area contributed by atoms with Gasteiger partial charge in [0.15, 0.2) is 0 Å². The molecule has 0 heterocycles. The van der Waals surface area contributed by atoms with Gasteiger partial charge >= 0.3 is 0 Å². The smallest absolute Gasteiger partial charge is 0.00739 e. The lowest BCUT2D eigenvalue weighted by atomic mass is 10.1. The quantitative estimate of drug-likeness (QED) is 0.728. The van der Waals surface area contributed by atoms with E-state index in [4.69, 9.17) is 5.73 Å². The van der Waals surface area contributed by atoms with Crippen molar-refractivity contribution in [2.24, 2.45) is 17.6 Å². The Hall–Kier alpha value is -0.820. The Balaban J connectivity index is 1.71. The average Bonchev–Trinajstić information content (AvgIpc) is 3.01. The fourth-order valence-electron chi connectivity index (χ4n) is 2.50. The van der Waals surface area contributed by atoms with Crippen molar-refractivity contribution in [3.63, 3.8) is 0 Å². The minimum Gasteiger partial charge on any atom is -0.327 e. The molecule has 2 N–H and O–H groups in total. The van der Waals surface area contributed by atoms with Crippen LogP contribution in [0.2, 0.25) is 0 Å². The standard InChI is InChI=1S/C12H15N/c13-12-7-11(12)10-6-9(10)8-4-2-1-3-5-8/h1-5,9-12H,6-7,13H2/t9-,10+,11+,12+/m0/s1. The second-order valence-electron chi connectivity index (χ2n) is 4.48. The molecule has 1 heteroatoms. The van der Waals surface area contributed by atoms with E-state index < -0.39 is 0 Å². The van der Waals surface area contributed by atoms with Crippen molar-refractivity contribution < 1.29 is 0 Å². The van der Waals surface area contributed by atoms with Gasteiger partial charge < -0.3 is 5.73 Å². The molecular formula is C12H15N. The van der Waals surface area contributed by atoms with Crippen molar-refractivity contribution in [2.75, 3.05) is 0 Å². The van der Waals surface area contributed by atoms with Gasteiger partial charge in [-0.3, -0.25) is 0 Å². The Bertz CT molecular complexity index is 306. The number of nitrogens with two attached hydrogens (primary N) is 1. The Morgan fingerprint density at radius 2 is 1.69 bits per heavy atom. The molecule has 1 nitrogen and oxygen atoms in total. The van der Waals surface area contributed by atoms with Gasteiger partial charge in [0.2, 0.25) is 0 Å². The van der Waals surface area contributed by atoms with Crippen molar-refractivity contribution in [2.45, 2.75) is 24.8 Å². The van der Waals surface area contributed by atoms with Crippen LogP contribution in [0.4, 0.5) is 0 Å². The van der Waals surface area contributed by atoms with Crippen LogP contribution in [-0.2, 0) is 0 Å². The van der Waals surface area contributed by atoms with Crippen molar-refractivity contribution >= 4 is 0 Å². The zero-order valence-corrected chi connectivity index (χ0v) is 7.69. The van der Waals surface area contributed by atoms with Crippen LogP contribution in [0.15, 0.2) is 30.3 Å². The summed E-state index contributed by atoms with van der Waals surface area (Å²) in [5.41, 5.74) is 7.37. The lowest BCUT2D eigenvalue weighted by Gasteiger charge is -1.98. The molecule has 4 atom stereocenters. The molecule has 0 aliphatic heterocycles. The Kier molecular flexibility index (Phi) is 1.50. The van der Waals surface area contributed by atoms with Crippen molar-refractivity contribution in [3.05, 3.63) is 35.9 Å². The van der Waals surface area contributed by atoms with Crippen LogP contribution < -0.4 is 5.73 Å². The highest BCUT2D eigenvalue weighted by atomic mass is 14.8. The van der Waals surface area contributed by atoms with E-state index in [1.165, 1.54) is 18.4 Å². The lowest BCUT2D eigenvalue weighted by molar-refractivity contribution is 0.664. The predicted octanol–water partition coefficient (Wildman–Crippen LogP) is 2.14. The second kappa shape index (κ2) is 2.58. The summed E-state index contributed by atoms with van der Waals surface area (Å²) in [6, 6.07) is 11.4. The highest BCUT2D eigenvalue weighted by Gasteiger charge is 2.52. The van der Waals surface area contributed by atoms with Crippen LogP contribution in [0.25, 0.3) is 0 Å². The molecule has 13 heavy (non-hydrogen) atoms. The zero-order valence-electron chi connectivity index (χ0n) is 7.69. The summed E-state index contributed by atoms with van der Waals surface area (Å²) < 4.78 is 0. The highest BCUT2D eigenvalue weighted by Crippen LogP contribution is 2.58. The van der Waals surface area contributed by atoms with Gasteiger partial charge in [-0.05, 0) is 36.2 Å². The van der Waals surface area contributed by atoms with Gasteiger partial charge in [0, 0.05) is 6.04 Å². The number of benzene rings is 1. The third-order valence-corrected chi connectivity index (χ3v) is 3.51. The predicted molar refractivity (Wildman–Crippen MR) is 53.4 cm³/mol. The summed E-state index contributed by atoms with van der Waals surface area (Å²) in [5.74, 6) is 2.60. The molecule has 0 bridgehead atoms. The zero-order chi connectivity index (χ0) is 8.84. The van der Waals surface area contributed by atoms with Crippen LogP contribution in [0.3, 0.4) is 0 Å². The molecule has 68 valence electrons. The first-order valence-corrected chi connectivity index (χ1v) is 5.17. The van der Waals surface area contributed by atoms with Crippen LogP contribution in [0.5, 0.6) is 0 Å². The normalized spacial score (nSPS) is 41.6. The number of rotatable bonds is 2. The summed E-state index contributed by atoms with van der Waals surface area (Å²) in [5, 5.41) is 0. The first-order chi connectivity index (χ1) is 6.36. The van der Waals surface area contributed by atoms with Crippen molar-refractivity contribution in [1.82, 2.24) is 0 Å². The minimum absolute atomic E-state index is 0.527. The number of hydrogen-bond acceptors (Lipinski definition) is 1. The van der Waals surface area contributed by atoms with Crippen LogP contribution in [0.1, 0.15) is 24.3 Å². The molecule has 0 radical (unpaired) electrons. The molecule has 2 fully saturated rings. The molecule has 1 aromatic carbocycles. The third-order valence-electron chi connectivity index (χ3n) is 3.51. The van der Waals surface area contributed by atoms with Crippen LogP contribution >= 0.6 is 0 Å². The lowest BCUT2D eigenvalue weighted by Crippen LogP contribution is -2.03. The molecule has 0 aromatic heterocycles. The molecule has 2 aliphatic rings. The van der Waals surface area contributed by atoms with E-state index >= 15 is 0 Å². The minimum atomic E-state index is 0.527. The fourth-order valence-corrected chi connectivity index (χ4v) is 2.50. The summed E-state index contributed by atoms with van der Waals surface area (Å²) >= 11 is 0. The molecule has 1 aromatic rings. The second-order valence-corrected chi connectivity index (χ2v) is 4.48. The Morgan fingerprint density at radius 1 is 1.00 bits per heavy atom. The van der Waals surface area contributed by atoms with Crippen molar-refractivity contribution in [1.29, 1.82) is 0 Å². The van der Waals surface area contributed by atoms with Gasteiger partial charge in [0.25, 0.3) is 0 Å². The first kappa shape index (κ1) is 7.57. The van der Waals surface area contributed by atoms with Gasteiger partial charge in [0.1, 0.15) is 0 Å². The Morgan fingerprint density at radius 3 is 2.31 bits per heavy atom. The number of hydrogen-bond donors (Lipinski definition) is 1. The van der Waals surface area contributed by atoms with Crippen molar-refractivity contribution in [3.8, 4) is 0 Å². The SMILES string of the molecule is N[C@@H]1C[C@@H]1[C@@H]1C[C@H]1c1ccccc1. The van der Waals surface area contributed by atoms with E-state index in [0.29, 0.717) is 6.04 Å². The van der Waals surface area contributed by atoms with Gasteiger partial charge in [-0.1, -0.05) is 30.3 Å². The van der Waals surface area contributed by atoms with E-state index in [9.17, 15) is 0 Å². The maximum atomic E-state index is 5.85. The Labute approximate surface area is 78.9 Å². The van der Waals surface area contributed by atoms with Gasteiger partial charge in [0.05, 0.1) is 0 Å². The first-order valence-electron chi connectivity index (χ1n) is 5.17. The summed E-state index contributed by atoms with van der Waals surface area (Å²) in [7, 11) is 0. The highest BCUT2D eigenvalue weighted by molar-refractivity contribution is 5.27. The molecule has 0 amide bonds. The van der Waals surface area contributed by atoms with Gasteiger partial charge in [-0.15, -0.1) is 0 Å². The third kappa shape index (κ3) is 1.28. The molecule has 0 unspecified atom stereocenters. The van der Waals surface area contributed by atoms with E-state index in [-0.39, 0.29) is 0 Å². The van der Waals surface area contributed by atoms with Crippen LogP contribution in [0, 0.1) is 11.8 Å². The van der Waals surface area contributed by atoms with E-state index in [0.717, 1.165) is 17.8 Å². The maximum absolute atomic E-state index is 5.85. The van der Waals surface area contributed by atoms with E-state index in [2.05, 4.69) is 30.3 Å². The van der Waals surface area contributed by atoms with Gasteiger partial charge in [-0.25, -0.2) is 0 Å².